The second-order valence-electron chi connectivity index (χ2n) is 2.31. The van der Waals surface area contributed by atoms with Gasteiger partial charge >= 0.3 is 11.9 Å². The Bertz CT molecular complexity index is 208. The van der Waals surface area contributed by atoms with E-state index in [-0.39, 0.29) is 26.0 Å². The van der Waals surface area contributed by atoms with E-state index in [1.165, 1.54) is 0 Å². The lowest BCUT2D eigenvalue weighted by Gasteiger charge is -2.04. The zero-order valence-corrected chi connectivity index (χ0v) is 7.96. The number of rotatable bonds is 5. The van der Waals surface area contributed by atoms with Gasteiger partial charge in [-0.2, -0.15) is 0 Å². The lowest BCUT2D eigenvalue weighted by Crippen LogP contribution is -2.12. The van der Waals surface area contributed by atoms with Crippen molar-refractivity contribution in [3.63, 3.8) is 0 Å². The lowest BCUT2D eigenvalue weighted by molar-refractivity contribution is -0.145. The van der Waals surface area contributed by atoms with E-state index >= 15 is 0 Å². The van der Waals surface area contributed by atoms with Crippen LogP contribution in [0.25, 0.3) is 0 Å². The van der Waals surface area contributed by atoms with Gasteiger partial charge in [0.1, 0.15) is 0 Å². The van der Waals surface area contributed by atoms with Crippen LogP contribution in [0.5, 0.6) is 0 Å². The fraction of sp³-hybridized carbons (Fsp3) is 0.600. The Hall–Kier alpha value is -1.32. The van der Waals surface area contributed by atoms with Crippen LogP contribution < -0.4 is 0 Å². The van der Waals surface area contributed by atoms with E-state index in [0.717, 1.165) is 0 Å². The van der Waals surface area contributed by atoms with E-state index in [9.17, 15) is 9.59 Å². The van der Waals surface area contributed by atoms with E-state index in [0.29, 0.717) is 6.61 Å². The highest BCUT2D eigenvalue weighted by molar-refractivity contribution is 5.93. The summed E-state index contributed by atoms with van der Waals surface area (Å²) in [5.41, 5.74) is 0.125. The number of hydrogen-bond acceptors (Lipinski definition) is 4. The van der Waals surface area contributed by atoms with Crippen LogP contribution in [0.3, 0.4) is 0 Å². The first-order valence-electron chi connectivity index (χ1n) is 4.12. The molecule has 0 saturated carbocycles. The van der Waals surface area contributed by atoms with Crippen LogP contribution in [0.4, 0.5) is 0 Å². The molecular formula is C10H18O4. The molecule has 0 heterocycles. The number of carbonyl (C=O) groups excluding carboxylic acids is 2. The molecule has 0 radical (unpaired) electrons. The Morgan fingerprint density at radius 3 is 2.07 bits per heavy atom. The first-order valence-corrected chi connectivity index (χ1v) is 4.12. The molecule has 0 atom stereocenters. The molecular weight excluding hydrogens is 184 g/mol. The van der Waals surface area contributed by atoms with Gasteiger partial charge < -0.3 is 9.47 Å². The average molecular weight is 202 g/mol. The number of hydrogen-bond donors (Lipinski definition) is 0. The lowest BCUT2D eigenvalue weighted by atomic mass is 10.2. The highest BCUT2D eigenvalue weighted by atomic mass is 16.5. The number of ether oxygens (including phenoxy) is 2. The quantitative estimate of drug-likeness (QED) is 0.503. The molecule has 4 heteroatoms. The van der Waals surface area contributed by atoms with Gasteiger partial charge in [-0.25, -0.2) is 4.79 Å². The number of carbonyl (C=O) groups is 2. The molecule has 82 valence electrons. The number of esters is 2. The molecule has 0 rings (SSSR count). The van der Waals surface area contributed by atoms with Gasteiger partial charge in [-0.05, 0) is 13.8 Å². The predicted octanol–water partition coefficient (Wildman–Crippen LogP) is 1.70. The normalized spacial score (nSPS) is 8.43. The van der Waals surface area contributed by atoms with Crippen molar-refractivity contribution in [1.29, 1.82) is 0 Å². The van der Waals surface area contributed by atoms with Crippen molar-refractivity contribution in [3.8, 4) is 0 Å². The van der Waals surface area contributed by atoms with Crippen LogP contribution in [-0.2, 0) is 19.1 Å². The summed E-state index contributed by atoms with van der Waals surface area (Å²) in [4.78, 5) is 21.8. The maximum absolute atomic E-state index is 11.0. The minimum atomic E-state index is -0.546. The van der Waals surface area contributed by atoms with Gasteiger partial charge in [0.05, 0.1) is 19.6 Å². The summed E-state index contributed by atoms with van der Waals surface area (Å²) in [6, 6.07) is 0. The molecule has 0 aliphatic carbocycles. The maximum Gasteiger partial charge on any atom is 0.333 e. The van der Waals surface area contributed by atoms with Crippen LogP contribution in [0.2, 0.25) is 0 Å². The second-order valence-corrected chi connectivity index (χ2v) is 2.31. The minimum absolute atomic E-state index is 0. The van der Waals surface area contributed by atoms with E-state index in [2.05, 4.69) is 16.1 Å². The van der Waals surface area contributed by atoms with Crippen molar-refractivity contribution in [3.05, 3.63) is 12.2 Å². The van der Waals surface area contributed by atoms with Crippen molar-refractivity contribution in [2.75, 3.05) is 13.2 Å². The van der Waals surface area contributed by atoms with Crippen molar-refractivity contribution in [2.24, 2.45) is 0 Å². The summed E-state index contributed by atoms with van der Waals surface area (Å²) < 4.78 is 9.27. The summed E-state index contributed by atoms with van der Waals surface area (Å²) in [7, 11) is 0. The van der Waals surface area contributed by atoms with Crippen LogP contribution >= 0.6 is 0 Å². The second kappa shape index (κ2) is 8.29. The van der Waals surface area contributed by atoms with Crippen LogP contribution in [0, 0.1) is 0 Å². The SMILES string of the molecule is C.C=C(CC(=O)OCC)C(=O)OCC. The average Bonchev–Trinajstić information content (AvgIpc) is 2.05. The van der Waals surface area contributed by atoms with Gasteiger partial charge in [-0.1, -0.05) is 14.0 Å². The van der Waals surface area contributed by atoms with Gasteiger partial charge in [-0.15, -0.1) is 0 Å². The molecule has 0 aliphatic rings. The molecule has 0 fully saturated rings. The third kappa shape index (κ3) is 6.22. The van der Waals surface area contributed by atoms with Gasteiger partial charge in [0, 0.05) is 5.57 Å². The third-order valence-electron chi connectivity index (χ3n) is 1.23. The largest absolute Gasteiger partial charge is 0.466 e. The van der Waals surface area contributed by atoms with E-state index < -0.39 is 11.9 Å². The molecule has 14 heavy (non-hydrogen) atoms. The highest BCUT2D eigenvalue weighted by Crippen LogP contribution is 2.02. The van der Waals surface area contributed by atoms with Gasteiger partial charge in [0.25, 0.3) is 0 Å². The Morgan fingerprint density at radius 1 is 1.14 bits per heavy atom. The smallest absolute Gasteiger partial charge is 0.333 e. The van der Waals surface area contributed by atoms with E-state index in [4.69, 9.17) is 0 Å². The van der Waals surface area contributed by atoms with Gasteiger partial charge in [-0.3, -0.25) is 4.79 Å². The summed E-state index contributed by atoms with van der Waals surface area (Å²) >= 11 is 0. The molecule has 0 aromatic carbocycles. The van der Waals surface area contributed by atoms with Crippen molar-refractivity contribution in [2.45, 2.75) is 27.7 Å². The van der Waals surface area contributed by atoms with Crippen LogP contribution in [0.15, 0.2) is 12.2 Å². The fourth-order valence-electron chi connectivity index (χ4n) is 0.692. The Morgan fingerprint density at radius 2 is 1.64 bits per heavy atom. The molecule has 0 N–H and O–H groups in total. The summed E-state index contributed by atoms with van der Waals surface area (Å²) in [6.07, 6.45) is -0.104. The molecule has 0 spiro atoms. The predicted molar refractivity (Wildman–Crippen MR) is 53.8 cm³/mol. The monoisotopic (exact) mass is 202 g/mol. The van der Waals surface area contributed by atoms with Crippen molar-refractivity contribution in [1.82, 2.24) is 0 Å². The standard InChI is InChI=1S/C9H14O4.CH4/c1-4-12-8(10)6-7(3)9(11)13-5-2;/h3-6H2,1-2H3;1H4. The fourth-order valence-corrected chi connectivity index (χ4v) is 0.692. The van der Waals surface area contributed by atoms with E-state index in [1.54, 1.807) is 13.8 Å². The third-order valence-corrected chi connectivity index (χ3v) is 1.23. The van der Waals surface area contributed by atoms with E-state index in [1.807, 2.05) is 0 Å². The molecule has 0 bridgehead atoms. The molecule has 0 unspecified atom stereocenters. The Balaban J connectivity index is 0. The Labute approximate surface area is 84.9 Å². The topological polar surface area (TPSA) is 52.6 Å². The summed E-state index contributed by atoms with van der Waals surface area (Å²) in [5, 5.41) is 0. The summed E-state index contributed by atoms with van der Waals surface area (Å²) in [6.45, 7) is 7.39. The maximum atomic E-state index is 11.0. The summed E-state index contributed by atoms with van der Waals surface area (Å²) in [5.74, 6) is -1.00. The first kappa shape index (κ1) is 15.2. The molecule has 0 amide bonds. The minimum Gasteiger partial charge on any atom is -0.466 e. The van der Waals surface area contributed by atoms with Crippen LogP contribution in [0.1, 0.15) is 27.7 Å². The Kier molecular flexibility index (Phi) is 8.98. The molecule has 0 saturated heterocycles. The highest BCUT2D eigenvalue weighted by Gasteiger charge is 2.12. The van der Waals surface area contributed by atoms with Crippen molar-refractivity contribution < 1.29 is 19.1 Å². The first-order chi connectivity index (χ1) is 6.11. The molecule has 4 nitrogen and oxygen atoms in total. The zero-order valence-electron chi connectivity index (χ0n) is 7.96. The van der Waals surface area contributed by atoms with Gasteiger partial charge in [0.2, 0.25) is 0 Å². The van der Waals surface area contributed by atoms with Crippen LogP contribution in [-0.4, -0.2) is 25.2 Å². The molecule has 0 aromatic rings. The molecule has 0 aliphatic heterocycles. The van der Waals surface area contributed by atoms with Gasteiger partial charge in [0.15, 0.2) is 0 Å². The molecule has 0 aromatic heterocycles. The zero-order chi connectivity index (χ0) is 10.3. The van der Waals surface area contributed by atoms with Crippen molar-refractivity contribution >= 4 is 11.9 Å².